The first-order valence-electron chi connectivity index (χ1n) is 9.23. The van der Waals surface area contributed by atoms with Crippen LogP contribution in [-0.2, 0) is 15.6 Å². The van der Waals surface area contributed by atoms with Crippen molar-refractivity contribution < 1.29 is 18.6 Å². The second-order valence-corrected chi connectivity index (χ2v) is 11.1. The van der Waals surface area contributed by atoms with Gasteiger partial charge in [-0.15, -0.1) is 0 Å². The third kappa shape index (κ3) is 4.50. The summed E-state index contributed by atoms with van der Waals surface area (Å²) in [6.45, 7) is 1.89. The minimum atomic E-state index is -2.89. The van der Waals surface area contributed by atoms with E-state index in [1.165, 1.54) is 18.5 Å². The summed E-state index contributed by atoms with van der Waals surface area (Å²) in [5, 5.41) is 0.707. The summed E-state index contributed by atoms with van der Waals surface area (Å²) in [4.78, 5) is 16.0. The lowest BCUT2D eigenvalue weighted by Crippen LogP contribution is -2.12. The van der Waals surface area contributed by atoms with Gasteiger partial charge in [-0.25, -0.2) is 4.98 Å². The molecule has 0 aliphatic rings. The Morgan fingerprint density at radius 2 is 1.97 bits per heavy atom. The van der Waals surface area contributed by atoms with Gasteiger partial charge >= 0.3 is 0 Å². The lowest BCUT2D eigenvalue weighted by Gasteiger charge is -2.17. The van der Waals surface area contributed by atoms with Crippen molar-refractivity contribution in [1.29, 1.82) is 0 Å². The van der Waals surface area contributed by atoms with E-state index < -0.39 is 12.5 Å². The van der Waals surface area contributed by atoms with Gasteiger partial charge in [0.25, 0.3) is 12.5 Å². The van der Waals surface area contributed by atoms with Crippen molar-refractivity contribution in [2.75, 3.05) is 19.5 Å². The van der Waals surface area contributed by atoms with Crippen LogP contribution in [0.4, 0.5) is 0 Å². The number of carbonyl (C=O) groups excluding carboxylic acids is 1. The van der Waals surface area contributed by atoms with Crippen molar-refractivity contribution in [2.24, 2.45) is 5.73 Å². The van der Waals surface area contributed by atoms with E-state index in [0.717, 1.165) is 16.8 Å². The molecule has 0 saturated carbocycles. The summed E-state index contributed by atoms with van der Waals surface area (Å²) >= 11 is 1.34. The van der Waals surface area contributed by atoms with Crippen molar-refractivity contribution in [3.8, 4) is 5.75 Å². The van der Waals surface area contributed by atoms with Gasteiger partial charge in [0.2, 0.25) is 0 Å². The number of ether oxygens (including phenoxy) is 1. The SMILES string of the molecule is CCOP(=O)(SCC)c1ccc(Cn2cnc3cc(C(N)=O)c(OC)cc32)cc1. The fourth-order valence-corrected chi connectivity index (χ4v) is 7.02. The molecule has 2 aromatic carbocycles. The highest BCUT2D eigenvalue weighted by molar-refractivity contribution is 8.58. The molecule has 154 valence electrons. The number of benzene rings is 2. The molecule has 0 radical (unpaired) electrons. The Morgan fingerprint density at radius 1 is 1.24 bits per heavy atom. The Kier molecular flexibility index (Phi) is 6.67. The monoisotopic (exact) mass is 433 g/mol. The van der Waals surface area contributed by atoms with Crippen LogP contribution >= 0.6 is 18.0 Å². The third-order valence-electron chi connectivity index (χ3n) is 4.41. The molecule has 1 amide bonds. The molecule has 1 heterocycles. The van der Waals surface area contributed by atoms with Gasteiger partial charge in [0.15, 0.2) is 0 Å². The van der Waals surface area contributed by atoms with Crippen molar-refractivity contribution in [2.45, 2.75) is 20.4 Å². The number of primary amides is 1. The molecule has 0 aliphatic heterocycles. The van der Waals surface area contributed by atoms with E-state index in [1.807, 2.05) is 42.7 Å². The lowest BCUT2D eigenvalue weighted by atomic mass is 10.1. The van der Waals surface area contributed by atoms with Crippen LogP contribution < -0.4 is 15.8 Å². The summed E-state index contributed by atoms with van der Waals surface area (Å²) < 4.78 is 25.9. The van der Waals surface area contributed by atoms with Gasteiger partial charge in [0.1, 0.15) is 5.75 Å². The molecule has 1 unspecified atom stereocenters. The zero-order chi connectivity index (χ0) is 21.0. The van der Waals surface area contributed by atoms with Crippen LogP contribution in [0.2, 0.25) is 0 Å². The minimum Gasteiger partial charge on any atom is -0.496 e. The molecule has 0 fully saturated rings. The Morgan fingerprint density at radius 3 is 2.55 bits per heavy atom. The molecular formula is C20H24N3O4PS. The second kappa shape index (κ2) is 9.03. The quantitative estimate of drug-likeness (QED) is 0.516. The summed E-state index contributed by atoms with van der Waals surface area (Å²) in [6, 6.07) is 11.0. The number of fused-ring (bicyclic) bond motifs is 1. The predicted octanol–water partition coefficient (Wildman–Crippen LogP) is 3.80. The highest BCUT2D eigenvalue weighted by Crippen LogP contribution is 2.58. The van der Waals surface area contributed by atoms with Crippen molar-refractivity contribution in [3.63, 3.8) is 0 Å². The molecule has 1 atom stereocenters. The van der Waals surface area contributed by atoms with Crippen LogP contribution in [0, 0.1) is 0 Å². The molecule has 0 saturated heterocycles. The van der Waals surface area contributed by atoms with E-state index in [-0.39, 0.29) is 0 Å². The summed E-state index contributed by atoms with van der Waals surface area (Å²) in [6.07, 6.45) is 1.71. The normalized spacial score (nSPS) is 13.3. The summed E-state index contributed by atoms with van der Waals surface area (Å²) in [7, 11) is 1.50. The van der Waals surface area contributed by atoms with Crippen molar-refractivity contribution in [1.82, 2.24) is 9.55 Å². The van der Waals surface area contributed by atoms with Crippen LogP contribution in [0.15, 0.2) is 42.7 Å². The Balaban J connectivity index is 1.89. The molecule has 7 nitrogen and oxygen atoms in total. The first-order chi connectivity index (χ1) is 13.9. The van der Waals surface area contributed by atoms with Gasteiger partial charge in [-0.1, -0.05) is 30.4 Å². The average molecular weight is 433 g/mol. The third-order valence-corrected chi connectivity index (χ3v) is 9.28. The van der Waals surface area contributed by atoms with Gasteiger partial charge in [-0.2, -0.15) is 0 Å². The van der Waals surface area contributed by atoms with Gasteiger partial charge in [-0.3, -0.25) is 9.36 Å². The van der Waals surface area contributed by atoms with E-state index >= 15 is 0 Å². The largest absolute Gasteiger partial charge is 0.496 e. The lowest BCUT2D eigenvalue weighted by molar-refractivity contribution is 0.0997. The predicted molar refractivity (Wildman–Crippen MR) is 117 cm³/mol. The summed E-state index contributed by atoms with van der Waals surface area (Å²) in [5.74, 6) is 0.573. The van der Waals surface area contributed by atoms with E-state index in [9.17, 15) is 9.36 Å². The number of nitrogens with two attached hydrogens (primary N) is 1. The molecule has 3 rings (SSSR count). The number of imidazole rings is 1. The fraction of sp³-hybridized carbons (Fsp3) is 0.300. The van der Waals surface area contributed by atoms with E-state index in [2.05, 4.69) is 4.98 Å². The van der Waals surface area contributed by atoms with Gasteiger partial charge in [0, 0.05) is 17.9 Å². The number of aromatic nitrogens is 2. The number of rotatable bonds is 9. The number of hydrogen-bond donors (Lipinski definition) is 1. The van der Waals surface area contributed by atoms with Crippen LogP contribution in [0.5, 0.6) is 5.75 Å². The topological polar surface area (TPSA) is 96.4 Å². The van der Waals surface area contributed by atoms with Crippen LogP contribution in [-0.4, -0.2) is 34.9 Å². The maximum absolute atomic E-state index is 13.0. The molecule has 9 heteroatoms. The van der Waals surface area contributed by atoms with Crippen LogP contribution in [0.1, 0.15) is 29.8 Å². The number of amides is 1. The standard InChI is InChI=1S/C20H24N3O4PS/c1-4-27-28(25,29-5-2)15-8-6-14(7-9-15)12-23-13-22-17-10-16(20(21)24)19(26-3)11-18(17)23/h6-11,13H,4-5,12H2,1-3H3,(H2,21,24). The number of hydrogen-bond acceptors (Lipinski definition) is 6. The maximum atomic E-state index is 13.0. The molecule has 29 heavy (non-hydrogen) atoms. The molecule has 3 aromatic rings. The first-order valence-corrected chi connectivity index (χ1v) is 12.4. The zero-order valence-corrected chi connectivity index (χ0v) is 18.3. The number of nitrogens with zero attached hydrogens (tertiary/aromatic N) is 2. The second-order valence-electron chi connectivity index (χ2n) is 6.28. The van der Waals surface area contributed by atoms with Crippen molar-refractivity contribution in [3.05, 3.63) is 53.9 Å². The average Bonchev–Trinajstić information content (AvgIpc) is 3.09. The minimum absolute atomic E-state index is 0.301. The van der Waals surface area contributed by atoms with Crippen LogP contribution in [0.25, 0.3) is 11.0 Å². The Hall–Kier alpha value is -2.28. The van der Waals surface area contributed by atoms with Crippen molar-refractivity contribution >= 4 is 40.2 Å². The first kappa shape index (κ1) is 21.4. The molecule has 0 spiro atoms. The van der Waals surface area contributed by atoms with Gasteiger partial charge in [-0.05, 0) is 36.4 Å². The molecule has 0 bridgehead atoms. The maximum Gasteiger partial charge on any atom is 0.287 e. The Labute approximate surface area is 173 Å². The number of methoxy groups -OCH3 is 1. The zero-order valence-electron chi connectivity index (χ0n) is 16.6. The molecular weight excluding hydrogens is 409 g/mol. The van der Waals surface area contributed by atoms with E-state index in [1.54, 1.807) is 18.5 Å². The molecule has 2 N–H and O–H groups in total. The van der Waals surface area contributed by atoms with Gasteiger partial charge in [0.05, 0.1) is 36.6 Å². The Bertz CT molecular complexity index is 1060. The number of carbonyl (C=O) groups is 1. The van der Waals surface area contributed by atoms with E-state index in [0.29, 0.717) is 35.3 Å². The van der Waals surface area contributed by atoms with Gasteiger partial charge < -0.3 is 19.6 Å². The highest BCUT2D eigenvalue weighted by Gasteiger charge is 2.25. The highest BCUT2D eigenvalue weighted by atomic mass is 32.7. The van der Waals surface area contributed by atoms with Crippen LogP contribution in [0.3, 0.4) is 0 Å². The smallest absolute Gasteiger partial charge is 0.287 e. The van der Waals surface area contributed by atoms with E-state index in [4.69, 9.17) is 15.0 Å². The molecule has 0 aliphatic carbocycles. The fourth-order valence-electron chi connectivity index (χ4n) is 3.08. The summed E-state index contributed by atoms with van der Waals surface area (Å²) in [5.41, 5.74) is 8.23. The molecule has 1 aromatic heterocycles.